The summed E-state index contributed by atoms with van der Waals surface area (Å²) < 4.78 is 0. The van der Waals surface area contributed by atoms with Crippen LogP contribution in [0.4, 0.5) is 5.69 Å². The number of benzene rings is 1. The monoisotopic (exact) mass is 385 g/mol. The van der Waals surface area contributed by atoms with Crippen LogP contribution in [-0.4, -0.2) is 40.3 Å². The minimum atomic E-state index is -1.08. The molecule has 1 aromatic heterocycles. The van der Waals surface area contributed by atoms with E-state index in [4.69, 9.17) is 16.6 Å². The van der Waals surface area contributed by atoms with Crippen LogP contribution in [0.1, 0.15) is 31.4 Å². The van der Waals surface area contributed by atoms with Crippen molar-refractivity contribution in [2.45, 2.75) is 26.3 Å². The first-order valence-electron chi connectivity index (χ1n) is 8.73. The predicted octanol–water partition coefficient (Wildman–Crippen LogP) is 3.42. The predicted molar refractivity (Wildman–Crippen MR) is 105 cm³/mol. The largest absolute Gasteiger partial charge is 0.480 e. The van der Waals surface area contributed by atoms with Crippen LogP contribution in [0.3, 0.4) is 0 Å². The summed E-state index contributed by atoms with van der Waals surface area (Å²) in [4.78, 5) is 34.8. The lowest BCUT2D eigenvalue weighted by atomic mass is 9.98. The van der Waals surface area contributed by atoms with Crippen LogP contribution in [0.15, 0.2) is 47.7 Å². The van der Waals surface area contributed by atoms with Crippen LogP contribution in [-0.2, 0) is 9.59 Å². The number of anilines is 1. The molecule has 1 aromatic carbocycles. The topological polar surface area (TPSA) is 82.9 Å². The third kappa shape index (κ3) is 3.85. The number of aromatic nitrogens is 1. The number of benzodiazepines with no additional fused rings is 1. The molecule has 0 radical (unpaired) electrons. The highest BCUT2D eigenvalue weighted by molar-refractivity contribution is 6.32. The molecule has 6 nitrogen and oxygen atoms in total. The lowest BCUT2D eigenvalue weighted by Crippen LogP contribution is -2.43. The van der Waals surface area contributed by atoms with Crippen LogP contribution in [0, 0.1) is 5.92 Å². The van der Waals surface area contributed by atoms with Crippen LogP contribution in [0.2, 0.25) is 5.02 Å². The molecule has 27 heavy (non-hydrogen) atoms. The first-order valence-corrected chi connectivity index (χ1v) is 9.11. The van der Waals surface area contributed by atoms with Gasteiger partial charge in [-0.3, -0.25) is 24.5 Å². The maximum Gasteiger partial charge on any atom is 0.323 e. The van der Waals surface area contributed by atoms with E-state index < -0.39 is 18.6 Å². The number of hydrogen-bond donors (Lipinski definition) is 1. The van der Waals surface area contributed by atoms with E-state index in [1.807, 2.05) is 26.0 Å². The fourth-order valence-corrected chi connectivity index (χ4v) is 3.28. The van der Waals surface area contributed by atoms with Gasteiger partial charge in [-0.15, -0.1) is 0 Å². The number of rotatable bonds is 5. The Morgan fingerprint density at radius 1 is 1.30 bits per heavy atom. The highest BCUT2D eigenvalue weighted by Crippen LogP contribution is 2.32. The molecule has 1 aliphatic rings. The second kappa shape index (κ2) is 7.88. The van der Waals surface area contributed by atoms with Crippen molar-refractivity contribution in [3.05, 3.63) is 58.9 Å². The Kier molecular flexibility index (Phi) is 5.56. The normalized spacial score (nSPS) is 17.7. The number of carbonyl (C=O) groups excluding carboxylic acids is 1. The SMILES string of the molecule is CC[C@H](C)C1N=C(c2ccncc2)c2cc(Cl)ccc2N(CC(=O)O)C1=O. The number of halogens is 1. The van der Waals surface area contributed by atoms with Gasteiger partial charge in [0.2, 0.25) is 0 Å². The van der Waals surface area contributed by atoms with E-state index in [1.54, 1.807) is 30.6 Å². The number of aliphatic carboxylic acids is 1. The Morgan fingerprint density at radius 3 is 2.63 bits per heavy atom. The summed E-state index contributed by atoms with van der Waals surface area (Å²) in [6.45, 7) is 3.49. The second-order valence-corrected chi connectivity index (χ2v) is 6.96. The maximum atomic E-state index is 13.2. The van der Waals surface area contributed by atoms with Gasteiger partial charge in [0.25, 0.3) is 5.91 Å². The van der Waals surface area contributed by atoms with Crippen molar-refractivity contribution in [2.24, 2.45) is 10.9 Å². The van der Waals surface area contributed by atoms with Gasteiger partial charge in [0, 0.05) is 28.5 Å². The summed E-state index contributed by atoms with van der Waals surface area (Å²) in [5.74, 6) is -1.45. The van der Waals surface area contributed by atoms with E-state index in [1.165, 1.54) is 4.90 Å². The van der Waals surface area contributed by atoms with Crippen molar-refractivity contribution < 1.29 is 14.7 Å². The lowest BCUT2D eigenvalue weighted by molar-refractivity contribution is -0.136. The average molecular weight is 386 g/mol. The first-order chi connectivity index (χ1) is 12.9. The van der Waals surface area contributed by atoms with E-state index in [2.05, 4.69) is 4.98 Å². The Hall–Kier alpha value is -2.73. The lowest BCUT2D eigenvalue weighted by Gasteiger charge is -2.25. The van der Waals surface area contributed by atoms with Crippen molar-refractivity contribution in [3.8, 4) is 0 Å². The van der Waals surface area contributed by atoms with Crippen molar-refractivity contribution in [3.63, 3.8) is 0 Å². The van der Waals surface area contributed by atoms with Crippen LogP contribution in [0.25, 0.3) is 0 Å². The molecule has 1 N–H and O–H groups in total. The summed E-state index contributed by atoms with van der Waals surface area (Å²) in [5.41, 5.74) is 2.54. The zero-order chi connectivity index (χ0) is 19.6. The molecule has 1 aliphatic heterocycles. The number of nitrogens with zero attached hydrogens (tertiary/aromatic N) is 3. The average Bonchev–Trinajstić information content (AvgIpc) is 2.77. The Labute approximate surface area is 162 Å². The molecule has 2 heterocycles. The van der Waals surface area contributed by atoms with Crippen molar-refractivity contribution in [1.82, 2.24) is 4.98 Å². The minimum absolute atomic E-state index is 0.0459. The van der Waals surface area contributed by atoms with Gasteiger partial charge < -0.3 is 5.11 Å². The molecule has 2 atom stereocenters. The van der Waals surface area contributed by atoms with Crippen LogP contribution >= 0.6 is 11.6 Å². The fraction of sp³-hybridized carbons (Fsp3) is 0.300. The van der Waals surface area contributed by atoms with Crippen LogP contribution in [0.5, 0.6) is 0 Å². The van der Waals surface area contributed by atoms with E-state index in [0.29, 0.717) is 22.0 Å². The highest BCUT2D eigenvalue weighted by atomic mass is 35.5. The van der Waals surface area contributed by atoms with Gasteiger partial charge in [0.1, 0.15) is 12.6 Å². The van der Waals surface area contributed by atoms with Gasteiger partial charge in [0.05, 0.1) is 11.4 Å². The molecule has 1 amide bonds. The van der Waals surface area contributed by atoms with Gasteiger partial charge in [-0.05, 0) is 36.2 Å². The fourth-order valence-electron chi connectivity index (χ4n) is 3.11. The molecule has 3 rings (SSSR count). The van der Waals surface area contributed by atoms with Gasteiger partial charge in [0.15, 0.2) is 0 Å². The number of carboxylic acid groups (broad SMARTS) is 1. The molecule has 7 heteroatoms. The standard InChI is InChI=1S/C20H20ClN3O3/c1-3-12(2)18-20(27)24(11-17(25)26)16-5-4-14(21)10-15(16)19(23-18)13-6-8-22-9-7-13/h4-10,12,18H,3,11H2,1-2H3,(H,25,26)/t12-,18?/m0/s1. The van der Waals surface area contributed by atoms with E-state index in [-0.39, 0.29) is 11.8 Å². The summed E-state index contributed by atoms with van der Waals surface area (Å²) >= 11 is 6.21. The molecule has 1 unspecified atom stereocenters. The Morgan fingerprint density at radius 2 is 2.00 bits per heavy atom. The molecule has 0 spiro atoms. The molecular formula is C20H20ClN3O3. The summed E-state index contributed by atoms with van der Waals surface area (Å²) in [6, 6.07) is 7.99. The molecular weight excluding hydrogens is 366 g/mol. The van der Waals surface area contributed by atoms with Gasteiger partial charge in [-0.2, -0.15) is 0 Å². The summed E-state index contributed by atoms with van der Waals surface area (Å²) in [6.07, 6.45) is 4.05. The van der Waals surface area contributed by atoms with Crippen molar-refractivity contribution in [2.75, 3.05) is 11.4 Å². The maximum absolute atomic E-state index is 13.2. The van der Waals surface area contributed by atoms with Gasteiger partial charge >= 0.3 is 5.97 Å². The molecule has 2 aromatic rings. The quantitative estimate of drug-likeness (QED) is 0.854. The molecule has 140 valence electrons. The second-order valence-electron chi connectivity index (χ2n) is 6.52. The smallest absolute Gasteiger partial charge is 0.323 e. The Bertz CT molecular complexity index is 899. The molecule has 0 saturated carbocycles. The first kappa shape index (κ1) is 19.0. The highest BCUT2D eigenvalue weighted by Gasteiger charge is 2.35. The number of carboxylic acids is 1. The number of amides is 1. The summed E-state index contributed by atoms with van der Waals surface area (Å²) in [5, 5.41) is 9.84. The molecule has 0 aliphatic carbocycles. The number of pyridine rings is 1. The zero-order valence-corrected chi connectivity index (χ0v) is 15.8. The number of hydrogen-bond acceptors (Lipinski definition) is 4. The van der Waals surface area contributed by atoms with E-state index in [9.17, 15) is 14.7 Å². The number of carbonyl (C=O) groups is 2. The number of fused-ring (bicyclic) bond motifs is 1. The van der Waals surface area contributed by atoms with Crippen molar-refractivity contribution in [1.29, 1.82) is 0 Å². The number of aliphatic imine (C=N–C) groups is 1. The Balaban J connectivity index is 2.27. The van der Waals surface area contributed by atoms with Crippen molar-refractivity contribution >= 4 is 34.9 Å². The molecule has 0 bridgehead atoms. The van der Waals surface area contributed by atoms with Crippen LogP contribution < -0.4 is 4.90 Å². The third-order valence-electron chi connectivity index (χ3n) is 4.72. The van der Waals surface area contributed by atoms with E-state index in [0.717, 1.165) is 12.0 Å². The molecule has 0 fully saturated rings. The minimum Gasteiger partial charge on any atom is -0.480 e. The van der Waals surface area contributed by atoms with Gasteiger partial charge in [-0.1, -0.05) is 31.9 Å². The zero-order valence-electron chi connectivity index (χ0n) is 15.1. The third-order valence-corrected chi connectivity index (χ3v) is 4.96. The van der Waals surface area contributed by atoms with E-state index >= 15 is 0 Å². The van der Waals surface area contributed by atoms with Gasteiger partial charge in [-0.25, -0.2) is 0 Å². The summed E-state index contributed by atoms with van der Waals surface area (Å²) in [7, 11) is 0. The molecule has 0 saturated heterocycles.